The van der Waals surface area contributed by atoms with Crippen molar-refractivity contribution >= 4 is 0 Å². The van der Waals surface area contributed by atoms with E-state index in [0.717, 1.165) is 30.6 Å². The van der Waals surface area contributed by atoms with Crippen molar-refractivity contribution in [2.45, 2.75) is 77.2 Å². The normalized spacial score (nSPS) is 28.1. The number of aromatic nitrogens is 1. The Morgan fingerprint density at radius 1 is 1.37 bits per heavy atom. The third-order valence-electron chi connectivity index (χ3n) is 4.52. The van der Waals surface area contributed by atoms with Gasteiger partial charge in [-0.25, -0.2) is 0 Å². The van der Waals surface area contributed by atoms with Crippen LogP contribution >= 0.6 is 0 Å². The van der Waals surface area contributed by atoms with E-state index in [9.17, 15) is 0 Å². The Hall–Kier alpha value is -0.870. The summed E-state index contributed by atoms with van der Waals surface area (Å²) in [6, 6.07) is 4.23. The molecule has 2 aliphatic rings. The molecule has 2 fully saturated rings. The number of hydrogen-bond donors (Lipinski definition) is 1. The molecule has 19 heavy (non-hydrogen) atoms. The summed E-state index contributed by atoms with van der Waals surface area (Å²) in [6.07, 6.45) is 6.49. The van der Waals surface area contributed by atoms with Crippen molar-refractivity contribution < 1.29 is 4.52 Å². The molecule has 0 amide bonds. The molecule has 1 aromatic heterocycles. The zero-order valence-electron chi connectivity index (χ0n) is 12.1. The van der Waals surface area contributed by atoms with E-state index in [4.69, 9.17) is 4.52 Å². The van der Waals surface area contributed by atoms with E-state index in [-0.39, 0.29) is 0 Å². The van der Waals surface area contributed by atoms with Crippen LogP contribution in [0.1, 0.15) is 57.4 Å². The maximum absolute atomic E-state index is 5.49. The van der Waals surface area contributed by atoms with Gasteiger partial charge in [0.05, 0.1) is 12.2 Å². The van der Waals surface area contributed by atoms with Gasteiger partial charge in [0, 0.05) is 30.7 Å². The Balaban J connectivity index is 1.56. The molecule has 4 heteroatoms. The topological polar surface area (TPSA) is 41.3 Å². The van der Waals surface area contributed by atoms with Crippen LogP contribution in [0.4, 0.5) is 0 Å². The minimum atomic E-state index is 0.670. The molecule has 0 aromatic carbocycles. The maximum Gasteiger partial charge on any atom is 0.151 e. The molecule has 1 saturated carbocycles. The van der Waals surface area contributed by atoms with Crippen molar-refractivity contribution in [3.63, 3.8) is 0 Å². The molecule has 0 radical (unpaired) electrons. The van der Waals surface area contributed by atoms with E-state index in [1.807, 2.05) is 0 Å². The second-order valence-electron chi connectivity index (χ2n) is 6.10. The van der Waals surface area contributed by atoms with Gasteiger partial charge in [-0.3, -0.25) is 4.90 Å². The lowest BCUT2D eigenvalue weighted by molar-refractivity contribution is 0.168. The van der Waals surface area contributed by atoms with Gasteiger partial charge in [-0.05, 0) is 39.0 Å². The van der Waals surface area contributed by atoms with Crippen LogP contribution < -0.4 is 5.32 Å². The highest BCUT2D eigenvalue weighted by Crippen LogP contribution is 2.28. The average molecular weight is 263 g/mol. The van der Waals surface area contributed by atoms with Crippen molar-refractivity contribution in [3.8, 4) is 0 Å². The molecule has 1 N–H and O–H groups in total. The second-order valence-corrected chi connectivity index (χ2v) is 6.10. The van der Waals surface area contributed by atoms with E-state index in [0.29, 0.717) is 12.1 Å². The first-order valence-corrected chi connectivity index (χ1v) is 7.70. The van der Waals surface area contributed by atoms with Gasteiger partial charge < -0.3 is 9.84 Å². The highest BCUT2D eigenvalue weighted by atomic mass is 16.5. The fraction of sp³-hybridized carbons (Fsp3) is 0.800. The molecule has 106 valence electrons. The standard InChI is InChI=1S/C15H25N3O/c1-3-14-7-4-11(2)18(14)10-15-8-13(17-19-15)9-16-12-5-6-12/h8,11-12,14,16H,3-7,9-10H2,1-2H3. The predicted molar refractivity (Wildman–Crippen MR) is 74.7 cm³/mol. The summed E-state index contributed by atoms with van der Waals surface area (Å²) in [5.74, 6) is 1.01. The minimum absolute atomic E-state index is 0.670. The van der Waals surface area contributed by atoms with Gasteiger partial charge >= 0.3 is 0 Å². The van der Waals surface area contributed by atoms with Gasteiger partial charge in [-0.1, -0.05) is 12.1 Å². The van der Waals surface area contributed by atoms with Crippen molar-refractivity contribution in [2.24, 2.45) is 0 Å². The SMILES string of the molecule is CCC1CCC(C)N1Cc1cc(CNC2CC2)no1. The molecule has 2 unspecified atom stereocenters. The quantitative estimate of drug-likeness (QED) is 0.857. The van der Waals surface area contributed by atoms with Crippen LogP contribution in [0.15, 0.2) is 10.6 Å². The van der Waals surface area contributed by atoms with Gasteiger partial charge in [-0.2, -0.15) is 0 Å². The van der Waals surface area contributed by atoms with E-state index < -0.39 is 0 Å². The largest absolute Gasteiger partial charge is 0.360 e. The monoisotopic (exact) mass is 263 g/mol. The van der Waals surface area contributed by atoms with Crippen LogP contribution in [0.3, 0.4) is 0 Å². The molecule has 2 atom stereocenters. The van der Waals surface area contributed by atoms with Crippen LogP contribution in [-0.4, -0.2) is 28.2 Å². The summed E-state index contributed by atoms with van der Waals surface area (Å²) < 4.78 is 5.49. The predicted octanol–water partition coefficient (Wildman–Crippen LogP) is 2.69. The Kier molecular flexibility index (Phi) is 3.89. The molecular formula is C15H25N3O. The van der Waals surface area contributed by atoms with E-state index in [1.165, 1.54) is 32.1 Å². The minimum Gasteiger partial charge on any atom is -0.360 e. The van der Waals surface area contributed by atoms with Crippen molar-refractivity contribution in [1.82, 2.24) is 15.4 Å². The zero-order valence-corrected chi connectivity index (χ0v) is 12.1. The molecule has 2 heterocycles. The highest BCUT2D eigenvalue weighted by molar-refractivity contribution is 5.06. The van der Waals surface area contributed by atoms with Gasteiger partial charge in [0.25, 0.3) is 0 Å². The average Bonchev–Trinajstić information content (AvgIpc) is 3.04. The van der Waals surface area contributed by atoms with Gasteiger partial charge in [0.2, 0.25) is 0 Å². The number of hydrogen-bond acceptors (Lipinski definition) is 4. The van der Waals surface area contributed by atoms with Gasteiger partial charge in [0.15, 0.2) is 5.76 Å². The molecule has 0 spiro atoms. The third-order valence-corrected chi connectivity index (χ3v) is 4.52. The van der Waals surface area contributed by atoms with Crippen molar-refractivity contribution in [2.75, 3.05) is 0 Å². The molecule has 3 rings (SSSR count). The van der Waals surface area contributed by atoms with Crippen LogP contribution in [0.2, 0.25) is 0 Å². The second kappa shape index (κ2) is 5.63. The molecule has 1 aromatic rings. The first kappa shape index (κ1) is 13.1. The molecular weight excluding hydrogens is 238 g/mol. The van der Waals surface area contributed by atoms with Crippen molar-refractivity contribution in [1.29, 1.82) is 0 Å². The number of rotatable bonds is 6. The molecule has 1 aliphatic carbocycles. The van der Waals surface area contributed by atoms with E-state index in [2.05, 4.69) is 35.3 Å². The zero-order chi connectivity index (χ0) is 13.2. The van der Waals surface area contributed by atoms with Gasteiger partial charge in [-0.15, -0.1) is 0 Å². The smallest absolute Gasteiger partial charge is 0.151 e. The fourth-order valence-corrected chi connectivity index (χ4v) is 3.08. The number of likely N-dealkylation sites (tertiary alicyclic amines) is 1. The highest BCUT2D eigenvalue weighted by Gasteiger charge is 2.30. The Morgan fingerprint density at radius 2 is 2.21 bits per heavy atom. The molecule has 4 nitrogen and oxygen atoms in total. The summed E-state index contributed by atoms with van der Waals surface area (Å²) in [4.78, 5) is 2.57. The van der Waals surface area contributed by atoms with E-state index in [1.54, 1.807) is 0 Å². The summed E-state index contributed by atoms with van der Waals surface area (Å²) in [7, 11) is 0. The Labute approximate surface area is 115 Å². The number of nitrogens with zero attached hydrogens (tertiary/aromatic N) is 2. The summed E-state index contributed by atoms with van der Waals surface area (Å²) >= 11 is 0. The lowest BCUT2D eigenvalue weighted by atomic mass is 10.1. The Bertz CT molecular complexity index is 413. The third kappa shape index (κ3) is 3.18. The van der Waals surface area contributed by atoms with Crippen LogP contribution in [0.25, 0.3) is 0 Å². The van der Waals surface area contributed by atoms with Crippen molar-refractivity contribution in [3.05, 3.63) is 17.5 Å². The molecule has 1 saturated heterocycles. The molecule has 1 aliphatic heterocycles. The lowest BCUT2D eigenvalue weighted by Crippen LogP contribution is -2.33. The van der Waals surface area contributed by atoms with Crippen LogP contribution in [0, 0.1) is 0 Å². The maximum atomic E-state index is 5.49. The first-order valence-electron chi connectivity index (χ1n) is 7.70. The summed E-state index contributed by atoms with van der Waals surface area (Å²) in [6.45, 7) is 6.36. The van der Waals surface area contributed by atoms with Gasteiger partial charge in [0.1, 0.15) is 0 Å². The number of nitrogens with one attached hydrogen (secondary N) is 1. The lowest BCUT2D eigenvalue weighted by Gasteiger charge is -2.26. The Morgan fingerprint density at radius 3 is 2.95 bits per heavy atom. The fourth-order valence-electron chi connectivity index (χ4n) is 3.08. The molecule has 0 bridgehead atoms. The van der Waals surface area contributed by atoms with Crippen LogP contribution in [0.5, 0.6) is 0 Å². The van der Waals surface area contributed by atoms with E-state index >= 15 is 0 Å². The van der Waals surface area contributed by atoms with Crippen LogP contribution in [-0.2, 0) is 13.1 Å². The summed E-state index contributed by atoms with van der Waals surface area (Å²) in [5.41, 5.74) is 1.04. The summed E-state index contributed by atoms with van der Waals surface area (Å²) in [5, 5.41) is 7.64. The first-order chi connectivity index (χ1) is 9.26.